The number of benzene rings is 1. The SMILES string of the molecule is CCCCOCCNc1cccc(OCC)c1N. The molecule has 1 rings (SSSR count). The number of nitrogens with one attached hydrogen (secondary N) is 1. The second kappa shape index (κ2) is 8.64. The van der Waals surface area contributed by atoms with E-state index >= 15 is 0 Å². The summed E-state index contributed by atoms with van der Waals surface area (Å²) in [6.45, 7) is 6.99. The van der Waals surface area contributed by atoms with Gasteiger partial charge in [0.05, 0.1) is 24.6 Å². The maximum absolute atomic E-state index is 6.00. The molecule has 0 atom stereocenters. The molecule has 4 nitrogen and oxygen atoms in total. The molecule has 0 fully saturated rings. The first-order valence-electron chi connectivity index (χ1n) is 6.62. The highest BCUT2D eigenvalue weighted by Crippen LogP contribution is 2.28. The van der Waals surface area contributed by atoms with Crippen molar-refractivity contribution in [3.8, 4) is 5.75 Å². The van der Waals surface area contributed by atoms with Crippen LogP contribution in [-0.2, 0) is 4.74 Å². The monoisotopic (exact) mass is 252 g/mol. The third-order valence-corrected chi connectivity index (χ3v) is 2.57. The van der Waals surface area contributed by atoms with Crippen molar-refractivity contribution in [1.29, 1.82) is 0 Å². The fourth-order valence-electron chi connectivity index (χ4n) is 1.59. The van der Waals surface area contributed by atoms with E-state index in [1.54, 1.807) is 0 Å². The molecular weight excluding hydrogens is 228 g/mol. The zero-order valence-electron chi connectivity index (χ0n) is 11.4. The number of hydrogen-bond acceptors (Lipinski definition) is 4. The van der Waals surface area contributed by atoms with Gasteiger partial charge in [0.2, 0.25) is 0 Å². The van der Waals surface area contributed by atoms with Crippen LogP contribution in [0.3, 0.4) is 0 Å². The molecule has 0 saturated heterocycles. The molecule has 0 saturated carbocycles. The second-order valence-corrected chi connectivity index (χ2v) is 4.04. The van der Waals surface area contributed by atoms with Crippen LogP contribution in [0.4, 0.5) is 11.4 Å². The Hall–Kier alpha value is -1.42. The van der Waals surface area contributed by atoms with Gasteiger partial charge in [0.15, 0.2) is 0 Å². The Labute approximate surface area is 109 Å². The van der Waals surface area contributed by atoms with Gasteiger partial charge in [-0.25, -0.2) is 0 Å². The van der Waals surface area contributed by atoms with Gasteiger partial charge in [-0.2, -0.15) is 0 Å². The van der Waals surface area contributed by atoms with E-state index in [0.29, 0.717) is 18.9 Å². The molecule has 0 bridgehead atoms. The first-order chi connectivity index (χ1) is 8.79. The average Bonchev–Trinajstić information content (AvgIpc) is 2.38. The molecule has 3 N–H and O–H groups in total. The Morgan fingerprint density at radius 2 is 2.06 bits per heavy atom. The van der Waals surface area contributed by atoms with Gasteiger partial charge in [-0.1, -0.05) is 19.4 Å². The highest BCUT2D eigenvalue weighted by molar-refractivity contribution is 5.72. The van der Waals surface area contributed by atoms with Gasteiger partial charge < -0.3 is 20.5 Å². The average molecular weight is 252 g/mol. The summed E-state index contributed by atoms with van der Waals surface area (Å²) in [5.41, 5.74) is 7.57. The quantitative estimate of drug-likeness (QED) is 0.524. The van der Waals surface area contributed by atoms with Crippen LogP contribution in [0.15, 0.2) is 18.2 Å². The molecule has 102 valence electrons. The number of rotatable bonds is 9. The zero-order valence-corrected chi connectivity index (χ0v) is 11.4. The Bertz CT molecular complexity index is 343. The number of ether oxygens (including phenoxy) is 2. The van der Waals surface area contributed by atoms with E-state index in [0.717, 1.165) is 37.4 Å². The van der Waals surface area contributed by atoms with Crippen LogP contribution < -0.4 is 15.8 Å². The maximum atomic E-state index is 6.00. The first kappa shape index (κ1) is 14.6. The minimum atomic E-state index is 0.619. The van der Waals surface area contributed by atoms with Gasteiger partial charge in [-0.15, -0.1) is 0 Å². The molecule has 18 heavy (non-hydrogen) atoms. The lowest BCUT2D eigenvalue weighted by atomic mass is 10.2. The lowest BCUT2D eigenvalue weighted by Crippen LogP contribution is -2.11. The molecule has 0 spiro atoms. The Morgan fingerprint density at radius 3 is 2.78 bits per heavy atom. The lowest BCUT2D eigenvalue weighted by molar-refractivity contribution is 0.141. The third-order valence-electron chi connectivity index (χ3n) is 2.57. The summed E-state index contributed by atoms with van der Waals surface area (Å²) in [6, 6.07) is 5.76. The van der Waals surface area contributed by atoms with Crippen molar-refractivity contribution in [2.24, 2.45) is 0 Å². The summed E-state index contributed by atoms with van der Waals surface area (Å²) < 4.78 is 10.9. The van der Waals surface area contributed by atoms with Crippen LogP contribution in [0.5, 0.6) is 5.75 Å². The fourth-order valence-corrected chi connectivity index (χ4v) is 1.59. The van der Waals surface area contributed by atoms with Crippen molar-refractivity contribution in [2.45, 2.75) is 26.7 Å². The van der Waals surface area contributed by atoms with E-state index < -0.39 is 0 Å². The maximum Gasteiger partial charge on any atom is 0.144 e. The van der Waals surface area contributed by atoms with Crippen molar-refractivity contribution < 1.29 is 9.47 Å². The summed E-state index contributed by atoms with van der Waals surface area (Å²) >= 11 is 0. The third kappa shape index (κ3) is 4.84. The van der Waals surface area contributed by atoms with E-state index in [1.807, 2.05) is 25.1 Å². The van der Waals surface area contributed by atoms with Gasteiger partial charge in [-0.3, -0.25) is 0 Å². The summed E-state index contributed by atoms with van der Waals surface area (Å²) in [4.78, 5) is 0. The smallest absolute Gasteiger partial charge is 0.144 e. The molecule has 1 aromatic carbocycles. The first-order valence-corrected chi connectivity index (χ1v) is 6.62. The van der Waals surface area contributed by atoms with Crippen LogP contribution in [-0.4, -0.2) is 26.4 Å². The molecule has 0 radical (unpaired) electrons. The van der Waals surface area contributed by atoms with Crippen LogP contribution in [0.2, 0.25) is 0 Å². The summed E-state index contributed by atoms with van der Waals surface area (Å²) in [5.74, 6) is 0.731. The topological polar surface area (TPSA) is 56.5 Å². The molecule has 0 unspecified atom stereocenters. The molecule has 0 heterocycles. The van der Waals surface area contributed by atoms with Crippen molar-refractivity contribution in [2.75, 3.05) is 37.4 Å². The van der Waals surface area contributed by atoms with Gasteiger partial charge in [0, 0.05) is 13.2 Å². The van der Waals surface area contributed by atoms with Gasteiger partial charge in [0.25, 0.3) is 0 Å². The van der Waals surface area contributed by atoms with E-state index in [4.69, 9.17) is 15.2 Å². The number of unbranched alkanes of at least 4 members (excludes halogenated alkanes) is 1. The molecule has 4 heteroatoms. The molecule has 1 aromatic rings. The fraction of sp³-hybridized carbons (Fsp3) is 0.571. The zero-order chi connectivity index (χ0) is 13.2. The number of nitrogens with two attached hydrogens (primary N) is 1. The summed E-state index contributed by atoms with van der Waals surface area (Å²) in [5, 5.41) is 3.26. The van der Waals surface area contributed by atoms with Crippen molar-refractivity contribution in [3.05, 3.63) is 18.2 Å². The van der Waals surface area contributed by atoms with Gasteiger partial charge in [-0.05, 0) is 25.5 Å². The van der Waals surface area contributed by atoms with E-state index in [-0.39, 0.29) is 0 Å². The van der Waals surface area contributed by atoms with Crippen LogP contribution in [0.25, 0.3) is 0 Å². The predicted octanol–water partition coefficient (Wildman–Crippen LogP) is 2.90. The van der Waals surface area contributed by atoms with Crippen LogP contribution in [0, 0.1) is 0 Å². The summed E-state index contributed by atoms with van der Waals surface area (Å²) in [6.07, 6.45) is 2.28. The number of anilines is 2. The van der Waals surface area contributed by atoms with E-state index in [1.165, 1.54) is 0 Å². The predicted molar refractivity (Wildman–Crippen MR) is 76.2 cm³/mol. The second-order valence-electron chi connectivity index (χ2n) is 4.04. The molecule has 0 aliphatic heterocycles. The minimum Gasteiger partial charge on any atom is -0.492 e. The van der Waals surface area contributed by atoms with E-state index in [9.17, 15) is 0 Å². The lowest BCUT2D eigenvalue weighted by Gasteiger charge is -2.13. The van der Waals surface area contributed by atoms with Crippen LogP contribution in [0.1, 0.15) is 26.7 Å². The van der Waals surface area contributed by atoms with Gasteiger partial charge >= 0.3 is 0 Å². The molecule has 0 aliphatic carbocycles. The Balaban J connectivity index is 2.35. The standard InChI is InChI=1S/C14H24N2O2/c1-3-5-10-17-11-9-16-12-7-6-8-13(14(12)15)18-4-2/h6-8,16H,3-5,9-11,15H2,1-2H3. The highest BCUT2D eigenvalue weighted by atomic mass is 16.5. The minimum absolute atomic E-state index is 0.619. The van der Waals surface area contributed by atoms with Crippen LogP contribution >= 0.6 is 0 Å². The highest BCUT2D eigenvalue weighted by Gasteiger charge is 2.04. The normalized spacial score (nSPS) is 10.3. The van der Waals surface area contributed by atoms with Crippen molar-refractivity contribution >= 4 is 11.4 Å². The molecule has 0 aromatic heterocycles. The van der Waals surface area contributed by atoms with Crippen molar-refractivity contribution in [1.82, 2.24) is 0 Å². The molecule has 0 amide bonds. The number of hydrogen-bond donors (Lipinski definition) is 2. The number of para-hydroxylation sites is 1. The number of nitrogen functional groups attached to an aromatic ring is 1. The Kier molecular flexibility index (Phi) is 7.03. The molecule has 0 aliphatic rings. The Morgan fingerprint density at radius 1 is 1.22 bits per heavy atom. The molecular formula is C14H24N2O2. The van der Waals surface area contributed by atoms with E-state index in [2.05, 4.69) is 12.2 Å². The largest absolute Gasteiger partial charge is 0.492 e. The summed E-state index contributed by atoms with van der Waals surface area (Å²) in [7, 11) is 0. The van der Waals surface area contributed by atoms with Crippen molar-refractivity contribution in [3.63, 3.8) is 0 Å². The van der Waals surface area contributed by atoms with Gasteiger partial charge in [0.1, 0.15) is 5.75 Å².